The maximum Gasteiger partial charge on any atom is 0.290 e. The first-order chi connectivity index (χ1) is 14.1. The van der Waals surface area contributed by atoms with Crippen molar-refractivity contribution in [2.24, 2.45) is 0 Å². The van der Waals surface area contributed by atoms with E-state index in [1.54, 1.807) is 35.7 Å². The Bertz CT molecular complexity index is 1080. The van der Waals surface area contributed by atoms with Gasteiger partial charge in [0, 0.05) is 11.6 Å². The molecule has 0 bridgehead atoms. The van der Waals surface area contributed by atoms with E-state index in [4.69, 9.17) is 11.6 Å². The molecule has 1 aliphatic rings. The number of Topliss-reactive ketones (excluding diaryl/α,β-unsaturated/α-hetero) is 1. The molecule has 0 saturated carbocycles. The quantitative estimate of drug-likeness (QED) is 0.553. The van der Waals surface area contributed by atoms with Gasteiger partial charge in [0.1, 0.15) is 0 Å². The lowest BCUT2D eigenvalue weighted by molar-refractivity contribution is -0.129. The van der Waals surface area contributed by atoms with Gasteiger partial charge >= 0.3 is 0 Å². The van der Waals surface area contributed by atoms with Gasteiger partial charge in [-0.15, -0.1) is 11.3 Å². The highest BCUT2D eigenvalue weighted by Crippen LogP contribution is 2.41. The minimum atomic E-state index is -0.727. The summed E-state index contributed by atoms with van der Waals surface area (Å²) in [6.45, 7) is 0.351. The number of carbonyl (C=O) groups is 2. The van der Waals surface area contributed by atoms with Crippen LogP contribution < -0.4 is 0 Å². The van der Waals surface area contributed by atoms with E-state index in [0.29, 0.717) is 28.4 Å². The number of aliphatic hydroxyl groups is 1. The Morgan fingerprint density at radius 3 is 2.45 bits per heavy atom. The van der Waals surface area contributed by atoms with Crippen molar-refractivity contribution >= 4 is 34.6 Å². The number of hydrogen-bond acceptors (Lipinski definition) is 4. The van der Waals surface area contributed by atoms with Crippen molar-refractivity contribution in [3.05, 3.63) is 104 Å². The van der Waals surface area contributed by atoms with Gasteiger partial charge in [-0.05, 0) is 35.1 Å². The molecule has 3 aromatic rings. The van der Waals surface area contributed by atoms with Crippen molar-refractivity contribution in [1.29, 1.82) is 0 Å². The van der Waals surface area contributed by atoms with Crippen molar-refractivity contribution in [2.45, 2.75) is 12.5 Å². The number of ketones is 1. The zero-order valence-electron chi connectivity index (χ0n) is 15.4. The number of nitrogens with zero attached hydrogens (tertiary/aromatic N) is 1. The molecule has 4 rings (SSSR count). The smallest absolute Gasteiger partial charge is 0.290 e. The molecule has 6 heteroatoms. The average molecular weight is 424 g/mol. The summed E-state index contributed by atoms with van der Waals surface area (Å²) in [7, 11) is 0. The van der Waals surface area contributed by atoms with Crippen molar-refractivity contribution in [2.75, 3.05) is 6.54 Å². The van der Waals surface area contributed by atoms with Crippen LogP contribution in [0.2, 0.25) is 5.02 Å². The van der Waals surface area contributed by atoms with Gasteiger partial charge in [-0.25, -0.2) is 0 Å². The number of thiophene rings is 1. The number of amides is 1. The molecular weight excluding hydrogens is 406 g/mol. The minimum Gasteiger partial charge on any atom is -0.503 e. The van der Waals surface area contributed by atoms with Crippen LogP contribution in [0.15, 0.2) is 83.4 Å². The summed E-state index contributed by atoms with van der Waals surface area (Å²) in [5.41, 5.74) is 1.77. The third-order valence-electron chi connectivity index (χ3n) is 4.98. The largest absolute Gasteiger partial charge is 0.503 e. The van der Waals surface area contributed by atoms with Crippen LogP contribution in [0.25, 0.3) is 0 Å². The van der Waals surface area contributed by atoms with Gasteiger partial charge in [-0.1, -0.05) is 66.2 Å². The summed E-state index contributed by atoms with van der Waals surface area (Å²) in [4.78, 5) is 28.1. The molecule has 0 spiro atoms. The highest BCUT2D eigenvalue weighted by Gasteiger charge is 2.44. The highest BCUT2D eigenvalue weighted by atomic mass is 35.5. The predicted octanol–water partition coefficient (Wildman–Crippen LogP) is 5.22. The molecule has 0 saturated heterocycles. The van der Waals surface area contributed by atoms with E-state index >= 15 is 0 Å². The molecule has 1 amide bonds. The average Bonchev–Trinajstić information content (AvgIpc) is 3.35. The number of carbonyl (C=O) groups excluding carboxylic acids is 2. The second kappa shape index (κ2) is 8.23. The summed E-state index contributed by atoms with van der Waals surface area (Å²) in [6.07, 6.45) is 0.598. The van der Waals surface area contributed by atoms with E-state index in [9.17, 15) is 14.7 Å². The fourth-order valence-corrected chi connectivity index (χ4v) is 4.49. The van der Waals surface area contributed by atoms with Crippen molar-refractivity contribution in [3.8, 4) is 0 Å². The van der Waals surface area contributed by atoms with Gasteiger partial charge < -0.3 is 10.0 Å². The summed E-state index contributed by atoms with van der Waals surface area (Å²) in [6, 6.07) is 19.6. The van der Waals surface area contributed by atoms with Gasteiger partial charge in [0.05, 0.1) is 16.5 Å². The molecule has 2 heterocycles. The Hall–Kier alpha value is -2.89. The Morgan fingerprint density at radius 1 is 1.03 bits per heavy atom. The Balaban J connectivity index is 1.74. The maximum absolute atomic E-state index is 13.1. The number of benzene rings is 2. The van der Waals surface area contributed by atoms with E-state index in [1.165, 1.54) is 16.2 Å². The zero-order chi connectivity index (χ0) is 20.4. The SMILES string of the molecule is O=C(C1=C(O)C(=O)N(CCc2ccccc2)[C@H]1c1ccccc1Cl)c1cccs1. The van der Waals surface area contributed by atoms with Gasteiger partial charge in [0.15, 0.2) is 5.76 Å². The van der Waals surface area contributed by atoms with E-state index in [2.05, 4.69) is 0 Å². The minimum absolute atomic E-state index is 0.0820. The third-order valence-corrected chi connectivity index (χ3v) is 6.19. The molecule has 0 aliphatic carbocycles. The van der Waals surface area contributed by atoms with Crippen molar-refractivity contribution in [1.82, 2.24) is 4.90 Å². The number of rotatable bonds is 6. The van der Waals surface area contributed by atoms with Crippen LogP contribution in [0.3, 0.4) is 0 Å². The van der Waals surface area contributed by atoms with Crippen molar-refractivity contribution in [3.63, 3.8) is 0 Å². The molecule has 1 aromatic heterocycles. The monoisotopic (exact) mass is 423 g/mol. The maximum atomic E-state index is 13.1. The van der Waals surface area contributed by atoms with Gasteiger partial charge in [-0.2, -0.15) is 0 Å². The summed E-state index contributed by atoms with van der Waals surface area (Å²) >= 11 is 7.70. The standard InChI is InChI=1S/C23H18ClNO3S/c24-17-10-5-4-9-16(17)20-19(21(26)18-11-6-14-29-18)22(27)23(28)25(20)13-12-15-7-2-1-3-8-15/h1-11,14,20,27H,12-13H2/t20-/m0/s1. The van der Waals surface area contributed by atoms with Crippen molar-refractivity contribution < 1.29 is 14.7 Å². The van der Waals surface area contributed by atoms with Crippen LogP contribution in [-0.2, 0) is 11.2 Å². The van der Waals surface area contributed by atoms with E-state index in [1.807, 2.05) is 36.4 Å². The normalized spacial score (nSPS) is 16.5. The van der Waals surface area contributed by atoms with Crippen LogP contribution in [-0.4, -0.2) is 28.2 Å². The first-order valence-electron chi connectivity index (χ1n) is 9.18. The van der Waals surface area contributed by atoms with Crippen LogP contribution >= 0.6 is 22.9 Å². The molecule has 2 aromatic carbocycles. The molecule has 0 radical (unpaired) electrons. The number of hydrogen-bond donors (Lipinski definition) is 1. The lowest BCUT2D eigenvalue weighted by atomic mass is 9.95. The highest BCUT2D eigenvalue weighted by molar-refractivity contribution is 7.12. The number of aliphatic hydroxyl groups excluding tert-OH is 1. The molecule has 1 atom stereocenters. The molecule has 0 unspecified atom stereocenters. The Morgan fingerprint density at radius 2 is 1.76 bits per heavy atom. The van der Waals surface area contributed by atoms with Crippen LogP contribution in [0.1, 0.15) is 26.8 Å². The lowest BCUT2D eigenvalue weighted by Crippen LogP contribution is -2.33. The molecule has 29 heavy (non-hydrogen) atoms. The van der Waals surface area contributed by atoms with Gasteiger partial charge in [-0.3, -0.25) is 9.59 Å². The van der Waals surface area contributed by atoms with Crippen LogP contribution in [0, 0.1) is 0 Å². The van der Waals surface area contributed by atoms with E-state index in [0.717, 1.165) is 5.56 Å². The topological polar surface area (TPSA) is 57.6 Å². The molecule has 146 valence electrons. The predicted molar refractivity (Wildman–Crippen MR) is 114 cm³/mol. The summed E-state index contributed by atoms with van der Waals surface area (Å²) in [5.74, 6) is -1.40. The first kappa shape index (κ1) is 19.4. The molecule has 4 nitrogen and oxygen atoms in total. The van der Waals surface area contributed by atoms with Crippen LogP contribution in [0.4, 0.5) is 0 Å². The third kappa shape index (κ3) is 3.71. The molecule has 1 aliphatic heterocycles. The van der Waals surface area contributed by atoms with Gasteiger partial charge in [0.25, 0.3) is 5.91 Å². The molecule has 0 fully saturated rings. The fourth-order valence-electron chi connectivity index (χ4n) is 3.57. The second-order valence-electron chi connectivity index (χ2n) is 6.73. The number of halogens is 1. The second-order valence-corrected chi connectivity index (χ2v) is 8.08. The summed E-state index contributed by atoms with van der Waals surface area (Å²) in [5, 5.41) is 12.9. The first-order valence-corrected chi connectivity index (χ1v) is 10.4. The van der Waals surface area contributed by atoms with Crippen LogP contribution in [0.5, 0.6) is 0 Å². The van der Waals surface area contributed by atoms with Gasteiger partial charge in [0.2, 0.25) is 5.78 Å². The lowest BCUT2D eigenvalue weighted by Gasteiger charge is -2.27. The fraction of sp³-hybridized carbons (Fsp3) is 0.130. The van der Waals surface area contributed by atoms with E-state index in [-0.39, 0.29) is 11.4 Å². The molecular formula is C23H18ClNO3S. The summed E-state index contributed by atoms with van der Waals surface area (Å²) < 4.78 is 0. The zero-order valence-corrected chi connectivity index (χ0v) is 17.0. The van der Waals surface area contributed by atoms with E-state index < -0.39 is 17.7 Å². The molecule has 1 N–H and O–H groups in total. The Labute approximate surface area is 177 Å². The Kier molecular flexibility index (Phi) is 5.51.